The zero-order valence-electron chi connectivity index (χ0n) is 24.2. The van der Waals surface area contributed by atoms with E-state index in [0.717, 1.165) is 10.9 Å². The number of pyridine rings is 2. The number of alkyl halides is 5. The smallest absolute Gasteiger partial charge is 0.323 e. The first-order valence-corrected chi connectivity index (χ1v) is 14.9. The number of benzene rings is 1. The van der Waals surface area contributed by atoms with Gasteiger partial charge in [-0.3, -0.25) is 14.6 Å². The SMILES string of the molecule is CC1CCCC(n2cc(Cl)c(-c3cc(Cl)ccc3-n3cc(C(F)(F)F)nn3)cc2=O)c2cc(ccn2)-c2c(cnn2C(F)F)NC1=O. The lowest BCUT2D eigenvalue weighted by Gasteiger charge is -2.23. The number of carbonyl (C=O) groups excluding carboxylic acids is 1. The van der Waals surface area contributed by atoms with Crippen LogP contribution in [0, 0.1) is 5.92 Å². The molecular weight excluding hydrogens is 670 g/mol. The quantitative estimate of drug-likeness (QED) is 0.196. The minimum absolute atomic E-state index is 0.0282. The fourth-order valence-corrected chi connectivity index (χ4v) is 5.94. The molecule has 0 saturated heterocycles. The molecule has 1 aromatic carbocycles. The van der Waals surface area contributed by atoms with E-state index in [1.54, 1.807) is 13.0 Å². The van der Waals surface area contributed by atoms with Crippen molar-refractivity contribution in [3.05, 3.63) is 93.0 Å². The standard InChI is InChI=1S/C30H23Cl2F5N8O2/c1-15-3-2-4-24(21-9-16(7-8-38-21)27-22(40-28(15)47)12-39-45(27)29(33)34)43-13-20(32)18(11-26(43)46)19-10-17(31)5-6-23(19)44-14-25(41-42-44)30(35,36)37/h5-15,24,29H,2-4H2,1H3,(H,40,47). The van der Waals surface area contributed by atoms with Crippen LogP contribution in [0.25, 0.3) is 28.1 Å². The maximum Gasteiger partial charge on any atom is 0.436 e. The van der Waals surface area contributed by atoms with Gasteiger partial charge in [-0.15, -0.1) is 5.10 Å². The van der Waals surface area contributed by atoms with Crippen molar-refractivity contribution in [1.29, 1.82) is 0 Å². The molecule has 0 saturated carbocycles. The Kier molecular flexibility index (Phi) is 8.61. The molecule has 0 aliphatic carbocycles. The highest BCUT2D eigenvalue weighted by molar-refractivity contribution is 6.34. The van der Waals surface area contributed by atoms with Gasteiger partial charge >= 0.3 is 12.7 Å². The number of rotatable bonds is 4. The van der Waals surface area contributed by atoms with E-state index >= 15 is 0 Å². The number of carbonyl (C=O) groups is 1. The van der Waals surface area contributed by atoms with Gasteiger partial charge < -0.3 is 9.88 Å². The van der Waals surface area contributed by atoms with E-state index in [2.05, 4.69) is 25.7 Å². The summed E-state index contributed by atoms with van der Waals surface area (Å²) >= 11 is 13.0. The van der Waals surface area contributed by atoms with Gasteiger partial charge in [0.25, 0.3) is 5.56 Å². The van der Waals surface area contributed by atoms with Crippen molar-refractivity contribution in [2.24, 2.45) is 5.92 Å². The third-order valence-electron chi connectivity index (χ3n) is 7.84. The Morgan fingerprint density at radius 3 is 2.53 bits per heavy atom. The fourth-order valence-electron chi connectivity index (χ4n) is 5.51. The fraction of sp³-hybridized carbons (Fsp3) is 0.267. The lowest BCUT2D eigenvalue weighted by Crippen LogP contribution is -2.27. The first kappa shape index (κ1) is 32.3. The molecule has 47 heavy (non-hydrogen) atoms. The van der Waals surface area contributed by atoms with Crippen molar-refractivity contribution < 1.29 is 26.7 Å². The summed E-state index contributed by atoms with van der Waals surface area (Å²) in [6, 6.07) is 7.83. The number of amides is 1. The number of anilines is 1. The van der Waals surface area contributed by atoms with Gasteiger partial charge in [0, 0.05) is 46.1 Å². The number of fused-ring (bicyclic) bond motifs is 4. The van der Waals surface area contributed by atoms with Crippen molar-refractivity contribution in [1.82, 2.24) is 34.3 Å². The summed E-state index contributed by atoms with van der Waals surface area (Å²) in [7, 11) is 0. The van der Waals surface area contributed by atoms with Crippen LogP contribution < -0.4 is 10.9 Å². The van der Waals surface area contributed by atoms with Crippen LogP contribution in [0.2, 0.25) is 10.0 Å². The Hall–Kier alpha value is -4.63. The van der Waals surface area contributed by atoms with Crippen molar-refractivity contribution >= 4 is 34.8 Å². The predicted molar refractivity (Wildman–Crippen MR) is 163 cm³/mol. The number of halogens is 7. The van der Waals surface area contributed by atoms with Gasteiger partial charge in [-0.05, 0) is 43.2 Å². The number of hydrogen-bond acceptors (Lipinski definition) is 6. The van der Waals surface area contributed by atoms with E-state index in [4.69, 9.17) is 23.2 Å². The third kappa shape index (κ3) is 6.37. The molecule has 1 aliphatic heterocycles. The summed E-state index contributed by atoms with van der Waals surface area (Å²) in [5.74, 6) is -0.870. The lowest BCUT2D eigenvalue weighted by molar-refractivity contribution is -0.141. The molecule has 1 N–H and O–H groups in total. The summed E-state index contributed by atoms with van der Waals surface area (Å²) in [4.78, 5) is 31.2. The molecule has 0 fully saturated rings. The third-order valence-corrected chi connectivity index (χ3v) is 8.38. The van der Waals surface area contributed by atoms with Crippen LogP contribution in [-0.4, -0.2) is 40.2 Å². The van der Waals surface area contributed by atoms with E-state index in [1.807, 2.05) is 0 Å². The second-order valence-electron chi connectivity index (χ2n) is 10.9. The summed E-state index contributed by atoms with van der Waals surface area (Å²) in [5.41, 5.74) is -0.510. The van der Waals surface area contributed by atoms with Crippen LogP contribution in [0.5, 0.6) is 0 Å². The first-order chi connectivity index (χ1) is 22.3. The van der Waals surface area contributed by atoms with Gasteiger partial charge in [0.05, 0.1) is 46.2 Å². The topological polar surface area (TPSA) is 113 Å². The van der Waals surface area contributed by atoms with Crippen LogP contribution in [-0.2, 0) is 11.0 Å². The van der Waals surface area contributed by atoms with Crippen molar-refractivity contribution in [3.63, 3.8) is 0 Å². The molecule has 0 spiro atoms. The van der Waals surface area contributed by atoms with Crippen molar-refractivity contribution in [2.45, 2.75) is 45.0 Å². The molecular formula is C30H23Cl2F5N8O2. The van der Waals surface area contributed by atoms with E-state index in [0.29, 0.717) is 35.8 Å². The van der Waals surface area contributed by atoms with Crippen molar-refractivity contribution in [2.75, 3.05) is 5.32 Å². The Balaban J connectivity index is 1.47. The molecule has 4 aromatic heterocycles. The zero-order chi connectivity index (χ0) is 33.6. The van der Waals surface area contributed by atoms with Crippen LogP contribution in [0.15, 0.2) is 66.0 Å². The number of hydrogen-bond donors (Lipinski definition) is 1. The van der Waals surface area contributed by atoms with Gasteiger partial charge in [-0.25, -0.2) is 9.36 Å². The molecule has 6 rings (SSSR count). The second kappa shape index (κ2) is 12.5. The molecule has 2 bridgehead atoms. The average molecular weight is 693 g/mol. The maximum absolute atomic E-state index is 14.0. The molecule has 1 amide bonds. The molecule has 2 unspecified atom stereocenters. The monoisotopic (exact) mass is 692 g/mol. The first-order valence-electron chi connectivity index (χ1n) is 14.2. The highest BCUT2D eigenvalue weighted by Crippen LogP contribution is 2.37. The van der Waals surface area contributed by atoms with Gasteiger partial charge in [0.15, 0.2) is 5.69 Å². The molecule has 2 atom stereocenters. The predicted octanol–water partition coefficient (Wildman–Crippen LogP) is 7.42. The van der Waals surface area contributed by atoms with Crippen LogP contribution >= 0.6 is 23.2 Å². The van der Waals surface area contributed by atoms with E-state index < -0.39 is 35.9 Å². The van der Waals surface area contributed by atoms with Crippen molar-refractivity contribution in [3.8, 4) is 28.1 Å². The lowest BCUT2D eigenvalue weighted by atomic mass is 9.96. The van der Waals surface area contributed by atoms with Gasteiger partial charge in [0.1, 0.15) is 0 Å². The summed E-state index contributed by atoms with van der Waals surface area (Å²) in [6.45, 7) is -1.30. The largest absolute Gasteiger partial charge is 0.436 e. The minimum atomic E-state index is -4.73. The van der Waals surface area contributed by atoms with Gasteiger partial charge in [-0.1, -0.05) is 41.8 Å². The Morgan fingerprint density at radius 2 is 1.81 bits per heavy atom. The molecule has 0 radical (unpaired) electrons. The molecule has 5 aromatic rings. The van der Waals surface area contributed by atoms with Crippen LogP contribution in [0.1, 0.15) is 50.2 Å². The maximum atomic E-state index is 14.0. The zero-order valence-corrected chi connectivity index (χ0v) is 25.7. The molecule has 1 aliphatic rings. The summed E-state index contributed by atoms with van der Waals surface area (Å²) < 4.78 is 70.4. The highest BCUT2D eigenvalue weighted by atomic mass is 35.5. The van der Waals surface area contributed by atoms with E-state index in [1.165, 1.54) is 47.3 Å². The normalized spacial score (nSPS) is 17.2. The van der Waals surface area contributed by atoms with Gasteiger partial charge in [-0.2, -0.15) is 27.1 Å². The van der Waals surface area contributed by atoms with E-state index in [-0.39, 0.29) is 49.7 Å². The summed E-state index contributed by atoms with van der Waals surface area (Å²) in [6.07, 6.45) is 1.13. The molecule has 10 nitrogen and oxygen atoms in total. The number of nitrogens with zero attached hydrogens (tertiary/aromatic N) is 7. The average Bonchev–Trinajstić information content (AvgIpc) is 3.68. The van der Waals surface area contributed by atoms with Gasteiger partial charge in [0.2, 0.25) is 5.91 Å². The molecule has 244 valence electrons. The van der Waals surface area contributed by atoms with E-state index in [9.17, 15) is 31.5 Å². The summed E-state index contributed by atoms with van der Waals surface area (Å²) in [5, 5.41) is 13.6. The number of nitrogens with one attached hydrogen (secondary N) is 1. The highest BCUT2D eigenvalue weighted by Gasteiger charge is 2.35. The molecule has 5 heterocycles. The minimum Gasteiger partial charge on any atom is -0.323 e. The van der Waals surface area contributed by atoms with Crippen LogP contribution in [0.4, 0.5) is 27.6 Å². The Bertz CT molecular complexity index is 2040. The Labute approximate surface area is 272 Å². The second-order valence-corrected chi connectivity index (χ2v) is 11.8. The Morgan fingerprint density at radius 1 is 1.02 bits per heavy atom. The van der Waals surface area contributed by atoms with Crippen LogP contribution in [0.3, 0.4) is 0 Å². The molecule has 17 heteroatoms. The number of aromatic nitrogens is 7.